The van der Waals surface area contributed by atoms with E-state index in [-0.39, 0.29) is 11.5 Å². The van der Waals surface area contributed by atoms with Gasteiger partial charge in [-0.05, 0) is 11.6 Å². The Balaban J connectivity index is 2.55. The van der Waals surface area contributed by atoms with Gasteiger partial charge in [-0.1, -0.05) is 41.9 Å². The minimum absolute atomic E-state index is 0.120. The third-order valence-corrected chi connectivity index (χ3v) is 2.87. The second-order valence-corrected chi connectivity index (χ2v) is 4.59. The van der Waals surface area contributed by atoms with Crippen molar-refractivity contribution in [3.63, 3.8) is 0 Å². The van der Waals surface area contributed by atoms with E-state index in [0.29, 0.717) is 10.6 Å². The molecule has 2 aromatic carbocycles. The number of benzene rings is 2. The number of hydrogen-bond donors (Lipinski definition) is 2. The lowest BCUT2D eigenvalue weighted by Gasteiger charge is -2.07. The van der Waals surface area contributed by atoms with E-state index in [1.165, 1.54) is 6.07 Å². The van der Waals surface area contributed by atoms with E-state index in [9.17, 15) is 9.67 Å². The Bertz CT molecular complexity index is 586. The van der Waals surface area contributed by atoms with Gasteiger partial charge in [0, 0.05) is 21.2 Å². The summed E-state index contributed by atoms with van der Waals surface area (Å²) in [6.45, 7) is 0. The molecular formula is C12H9ClO4P+. The summed E-state index contributed by atoms with van der Waals surface area (Å²) in [5, 5.41) is 10.3. The smallest absolute Gasteiger partial charge is 0.504 e. The molecule has 0 saturated heterocycles. The zero-order chi connectivity index (χ0) is 13.1. The lowest BCUT2D eigenvalue weighted by molar-refractivity contribution is 0.390. The third-order valence-electron chi connectivity index (χ3n) is 2.30. The highest BCUT2D eigenvalue weighted by molar-refractivity contribution is 7.32. The van der Waals surface area contributed by atoms with E-state index in [4.69, 9.17) is 16.5 Å². The summed E-state index contributed by atoms with van der Waals surface area (Å²) in [5.41, 5.74) is 1.17. The van der Waals surface area contributed by atoms with Crippen LogP contribution in [0, 0.1) is 0 Å². The maximum absolute atomic E-state index is 10.7. The zero-order valence-corrected chi connectivity index (χ0v) is 10.7. The first kappa shape index (κ1) is 12.8. The third kappa shape index (κ3) is 2.79. The van der Waals surface area contributed by atoms with Crippen molar-refractivity contribution in [1.29, 1.82) is 0 Å². The van der Waals surface area contributed by atoms with E-state index >= 15 is 0 Å². The standard InChI is InChI=1S/C12H8ClO4P/c13-9-6-10(8-4-2-1-3-5-8)12(14)11(7-9)17-18(15)16/h1-7H,(H-,14,15,16)/p+1. The molecule has 0 heterocycles. The van der Waals surface area contributed by atoms with Crippen LogP contribution in [0.2, 0.25) is 5.02 Å². The van der Waals surface area contributed by atoms with Gasteiger partial charge in [0.2, 0.25) is 5.75 Å². The Morgan fingerprint density at radius 3 is 2.44 bits per heavy atom. The van der Waals surface area contributed by atoms with Crippen molar-refractivity contribution < 1.29 is 19.1 Å². The second kappa shape index (κ2) is 5.36. The summed E-state index contributed by atoms with van der Waals surface area (Å²) in [6, 6.07) is 11.9. The second-order valence-electron chi connectivity index (χ2n) is 3.50. The largest absolute Gasteiger partial charge is 0.747 e. The van der Waals surface area contributed by atoms with Gasteiger partial charge in [-0.2, -0.15) is 0 Å². The van der Waals surface area contributed by atoms with Crippen molar-refractivity contribution in [2.45, 2.75) is 0 Å². The molecule has 0 fully saturated rings. The fourth-order valence-corrected chi connectivity index (χ4v) is 2.08. The molecule has 0 amide bonds. The monoisotopic (exact) mass is 283 g/mol. The molecule has 0 aliphatic rings. The van der Waals surface area contributed by atoms with Crippen molar-refractivity contribution in [3.8, 4) is 22.6 Å². The van der Waals surface area contributed by atoms with Crippen LogP contribution in [0.1, 0.15) is 0 Å². The topological polar surface area (TPSA) is 66.8 Å². The van der Waals surface area contributed by atoms with Gasteiger partial charge in [0.15, 0.2) is 5.75 Å². The normalized spacial score (nSPS) is 11.1. The molecule has 6 heteroatoms. The van der Waals surface area contributed by atoms with E-state index in [0.717, 1.165) is 5.56 Å². The maximum Gasteiger partial charge on any atom is 0.747 e. The molecule has 2 N–H and O–H groups in total. The summed E-state index contributed by atoms with van der Waals surface area (Å²) < 4.78 is 15.3. The van der Waals surface area contributed by atoms with Gasteiger partial charge in [-0.15, -0.1) is 4.89 Å². The molecule has 2 aromatic rings. The Kier molecular flexibility index (Phi) is 3.82. The molecular weight excluding hydrogens is 275 g/mol. The summed E-state index contributed by atoms with van der Waals surface area (Å²) in [5.74, 6) is -0.340. The molecule has 0 spiro atoms. The van der Waals surface area contributed by atoms with E-state index in [1.54, 1.807) is 18.2 Å². The maximum atomic E-state index is 10.7. The van der Waals surface area contributed by atoms with Crippen LogP contribution in [0.25, 0.3) is 11.1 Å². The highest BCUT2D eigenvalue weighted by Gasteiger charge is 2.21. The van der Waals surface area contributed by atoms with Crippen LogP contribution in [-0.2, 0) is 4.57 Å². The minimum atomic E-state index is -2.86. The van der Waals surface area contributed by atoms with Crippen LogP contribution in [0.4, 0.5) is 0 Å². The summed E-state index contributed by atoms with van der Waals surface area (Å²) in [7, 11) is -2.86. The highest BCUT2D eigenvalue weighted by atomic mass is 35.5. The van der Waals surface area contributed by atoms with E-state index in [2.05, 4.69) is 4.52 Å². The SMILES string of the molecule is O=[P+](O)Oc1cc(Cl)cc(-c2ccccc2)c1O. The average molecular weight is 284 g/mol. The van der Waals surface area contributed by atoms with Crippen LogP contribution in [0.3, 0.4) is 0 Å². The first-order valence-corrected chi connectivity index (χ1v) is 6.51. The first-order chi connectivity index (χ1) is 8.58. The quantitative estimate of drug-likeness (QED) is 0.842. The number of phenols is 1. The number of phenolic OH excluding ortho intramolecular Hbond substituents is 1. The number of hydrogen-bond acceptors (Lipinski definition) is 3. The van der Waals surface area contributed by atoms with Crippen LogP contribution < -0.4 is 4.52 Å². The van der Waals surface area contributed by atoms with Gasteiger partial charge < -0.3 is 5.11 Å². The zero-order valence-electron chi connectivity index (χ0n) is 9.08. The fourth-order valence-electron chi connectivity index (χ4n) is 1.57. The number of rotatable bonds is 3. The van der Waals surface area contributed by atoms with Gasteiger partial charge in [0.1, 0.15) is 0 Å². The molecule has 0 aliphatic carbocycles. The van der Waals surface area contributed by atoms with Gasteiger partial charge in [-0.25, -0.2) is 4.52 Å². The fraction of sp³-hybridized carbons (Fsp3) is 0. The summed E-state index contributed by atoms with van der Waals surface area (Å²) >= 11 is 5.89. The van der Waals surface area contributed by atoms with E-state index < -0.39 is 8.25 Å². The Labute approximate surface area is 109 Å². The van der Waals surface area contributed by atoms with Gasteiger partial charge >= 0.3 is 8.25 Å². The predicted octanol–water partition coefficient (Wildman–Crippen LogP) is 3.74. The van der Waals surface area contributed by atoms with Crippen molar-refractivity contribution in [2.75, 3.05) is 0 Å². The van der Waals surface area contributed by atoms with Crippen molar-refractivity contribution in [1.82, 2.24) is 0 Å². The molecule has 0 saturated carbocycles. The molecule has 92 valence electrons. The van der Waals surface area contributed by atoms with Gasteiger partial charge in [0.05, 0.1) is 0 Å². The van der Waals surface area contributed by atoms with Crippen LogP contribution in [0.15, 0.2) is 42.5 Å². The number of halogens is 1. The molecule has 0 aliphatic heterocycles. The summed E-state index contributed by atoms with van der Waals surface area (Å²) in [6.07, 6.45) is 0. The van der Waals surface area contributed by atoms with Gasteiger partial charge in [-0.3, -0.25) is 0 Å². The molecule has 1 atom stereocenters. The first-order valence-electron chi connectivity index (χ1n) is 5.00. The molecule has 2 rings (SSSR count). The molecule has 0 bridgehead atoms. The van der Waals surface area contributed by atoms with E-state index in [1.807, 2.05) is 18.2 Å². The highest BCUT2D eigenvalue weighted by Crippen LogP contribution is 2.42. The lowest BCUT2D eigenvalue weighted by atomic mass is 10.0. The molecule has 18 heavy (non-hydrogen) atoms. The van der Waals surface area contributed by atoms with Crippen molar-refractivity contribution >= 4 is 19.9 Å². The Hall–Kier alpha value is -1.61. The Morgan fingerprint density at radius 1 is 1.17 bits per heavy atom. The van der Waals surface area contributed by atoms with Crippen molar-refractivity contribution in [2.24, 2.45) is 0 Å². The molecule has 4 nitrogen and oxygen atoms in total. The van der Waals surface area contributed by atoms with Crippen LogP contribution in [-0.4, -0.2) is 10.00 Å². The van der Waals surface area contributed by atoms with Crippen molar-refractivity contribution in [3.05, 3.63) is 47.5 Å². The number of aromatic hydroxyl groups is 1. The minimum Gasteiger partial charge on any atom is -0.504 e. The van der Waals surface area contributed by atoms with Gasteiger partial charge in [0.25, 0.3) is 0 Å². The molecule has 0 radical (unpaired) electrons. The summed E-state index contributed by atoms with van der Waals surface area (Å²) in [4.78, 5) is 8.72. The molecule has 1 unspecified atom stereocenters. The average Bonchev–Trinajstić information content (AvgIpc) is 2.34. The van der Waals surface area contributed by atoms with Crippen LogP contribution >= 0.6 is 19.9 Å². The molecule has 0 aromatic heterocycles. The predicted molar refractivity (Wildman–Crippen MR) is 69.0 cm³/mol. The lowest BCUT2D eigenvalue weighted by Crippen LogP contribution is -1.86. The Morgan fingerprint density at radius 2 is 1.83 bits per heavy atom. The van der Waals surface area contributed by atoms with Crippen LogP contribution in [0.5, 0.6) is 11.5 Å².